The van der Waals surface area contributed by atoms with Crippen molar-refractivity contribution in [2.24, 2.45) is 0 Å². The monoisotopic (exact) mass is 275 g/mol. The summed E-state index contributed by atoms with van der Waals surface area (Å²) in [5.74, 6) is 0.800. The van der Waals surface area contributed by atoms with Crippen LogP contribution in [-0.4, -0.2) is 34.8 Å². The van der Waals surface area contributed by atoms with Gasteiger partial charge in [-0.25, -0.2) is 13.4 Å². The van der Waals surface area contributed by atoms with E-state index in [1.165, 1.54) is 17.8 Å². The van der Waals surface area contributed by atoms with Crippen molar-refractivity contribution in [1.82, 2.24) is 9.36 Å². The molecule has 1 saturated carbocycles. The number of hydrogen-bond acceptors (Lipinski definition) is 6. The second kappa shape index (κ2) is 4.20. The lowest BCUT2D eigenvalue weighted by molar-refractivity contribution is 0.568. The molecule has 17 heavy (non-hydrogen) atoms. The minimum absolute atomic E-state index is 0.116. The van der Waals surface area contributed by atoms with Crippen LogP contribution in [0.25, 0.3) is 0 Å². The minimum Gasteiger partial charge on any atom is -0.356 e. The number of aromatic nitrogens is 2. The highest BCUT2D eigenvalue weighted by molar-refractivity contribution is 7.92. The molecule has 1 heterocycles. The summed E-state index contributed by atoms with van der Waals surface area (Å²) in [5, 5.41) is 3.88. The highest BCUT2D eigenvalue weighted by Crippen LogP contribution is 2.46. The largest absolute Gasteiger partial charge is 0.356 e. The highest BCUT2D eigenvalue weighted by Gasteiger charge is 2.56. The standard InChI is InChI=1S/C10H17N3O2S2/c1-4-8-12-9(16-13-8)11-7(2)10(5-6-10)17(3,14)15/h7H,4-6H2,1-3H3,(H,11,12,13). The fourth-order valence-corrected chi connectivity index (χ4v) is 4.30. The molecule has 2 rings (SSSR count). The molecule has 1 fully saturated rings. The van der Waals surface area contributed by atoms with Crippen molar-refractivity contribution in [3.05, 3.63) is 5.82 Å². The first-order valence-corrected chi connectivity index (χ1v) is 8.34. The molecule has 1 aromatic heterocycles. The average molecular weight is 275 g/mol. The lowest BCUT2D eigenvalue weighted by atomic mass is 10.2. The van der Waals surface area contributed by atoms with Crippen molar-refractivity contribution in [1.29, 1.82) is 0 Å². The summed E-state index contributed by atoms with van der Waals surface area (Å²) in [5.41, 5.74) is 0. The third-order valence-electron chi connectivity index (χ3n) is 3.39. The lowest BCUT2D eigenvalue weighted by Gasteiger charge is -2.22. The molecular formula is C10H17N3O2S2. The van der Waals surface area contributed by atoms with Crippen molar-refractivity contribution < 1.29 is 8.42 Å². The van der Waals surface area contributed by atoms with Gasteiger partial charge >= 0.3 is 0 Å². The fourth-order valence-electron chi connectivity index (χ4n) is 2.02. The molecule has 0 aromatic carbocycles. The molecule has 7 heteroatoms. The molecule has 5 nitrogen and oxygen atoms in total. The summed E-state index contributed by atoms with van der Waals surface area (Å²) < 4.78 is 27.1. The molecule has 1 N–H and O–H groups in total. The average Bonchev–Trinajstić information content (AvgIpc) is 2.95. The molecule has 96 valence electrons. The Balaban J connectivity index is 2.10. The van der Waals surface area contributed by atoms with Crippen LogP contribution in [0, 0.1) is 0 Å². The topological polar surface area (TPSA) is 72.0 Å². The van der Waals surface area contributed by atoms with Crippen LogP contribution in [0.15, 0.2) is 0 Å². The SMILES string of the molecule is CCc1nsc(NC(C)C2(S(C)(=O)=O)CC2)n1. The van der Waals surface area contributed by atoms with Crippen molar-refractivity contribution in [3.8, 4) is 0 Å². The summed E-state index contributed by atoms with van der Waals surface area (Å²) in [6.07, 6.45) is 3.58. The van der Waals surface area contributed by atoms with E-state index < -0.39 is 14.6 Å². The zero-order valence-corrected chi connectivity index (χ0v) is 11.9. The van der Waals surface area contributed by atoms with Gasteiger partial charge in [0.15, 0.2) is 9.84 Å². The Bertz CT molecular complexity index is 505. The van der Waals surface area contributed by atoms with E-state index in [2.05, 4.69) is 14.7 Å². The lowest BCUT2D eigenvalue weighted by Crippen LogP contribution is -2.39. The van der Waals surface area contributed by atoms with Gasteiger partial charge in [-0.05, 0) is 19.8 Å². The van der Waals surface area contributed by atoms with Crippen molar-refractivity contribution >= 4 is 26.5 Å². The molecule has 1 atom stereocenters. The predicted octanol–water partition coefficient (Wildman–Crippen LogP) is 1.48. The molecule has 0 bridgehead atoms. The molecule has 1 aliphatic rings. The van der Waals surface area contributed by atoms with Crippen molar-refractivity contribution in [2.45, 2.75) is 43.9 Å². The maximum absolute atomic E-state index is 11.7. The quantitative estimate of drug-likeness (QED) is 0.881. The Morgan fingerprint density at radius 2 is 2.18 bits per heavy atom. The van der Waals surface area contributed by atoms with Gasteiger partial charge in [0.1, 0.15) is 5.82 Å². The van der Waals surface area contributed by atoms with E-state index in [1.807, 2.05) is 13.8 Å². The Morgan fingerprint density at radius 3 is 2.59 bits per heavy atom. The van der Waals surface area contributed by atoms with Crippen LogP contribution in [0.2, 0.25) is 0 Å². The van der Waals surface area contributed by atoms with E-state index >= 15 is 0 Å². The number of rotatable bonds is 5. The second-order valence-corrected chi connectivity index (χ2v) is 7.68. The third-order valence-corrected chi connectivity index (χ3v) is 6.32. The van der Waals surface area contributed by atoms with Crippen LogP contribution in [0.4, 0.5) is 5.13 Å². The van der Waals surface area contributed by atoms with Gasteiger partial charge in [-0.15, -0.1) is 0 Å². The highest BCUT2D eigenvalue weighted by atomic mass is 32.2. The number of hydrogen-bond donors (Lipinski definition) is 1. The maximum atomic E-state index is 11.7. The zero-order chi connectivity index (χ0) is 12.7. The van der Waals surface area contributed by atoms with E-state index in [9.17, 15) is 8.42 Å². The van der Waals surface area contributed by atoms with Gasteiger partial charge in [0.2, 0.25) is 5.13 Å². The first-order chi connectivity index (χ1) is 7.89. The van der Waals surface area contributed by atoms with Crippen molar-refractivity contribution in [3.63, 3.8) is 0 Å². The minimum atomic E-state index is -3.02. The Hall–Kier alpha value is -0.690. The first kappa shape index (κ1) is 12.8. The van der Waals surface area contributed by atoms with Crippen LogP contribution in [0.3, 0.4) is 0 Å². The summed E-state index contributed by atoms with van der Waals surface area (Å²) in [6, 6.07) is -0.116. The van der Waals surface area contributed by atoms with Gasteiger partial charge < -0.3 is 5.32 Å². The molecule has 0 radical (unpaired) electrons. The Morgan fingerprint density at radius 1 is 1.53 bits per heavy atom. The first-order valence-electron chi connectivity index (χ1n) is 5.68. The summed E-state index contributed by atoms with van der Waals surface area (Å²) in [4.78, 5) is 4.29. The normalized spacial score (nSPS) is 19.9. The van der Waals surface area contributed by atoms with Crippen molar-refractivity contribution in [2.75, 3.05) is 11.6 Å². The predicted molar refractivity (Wildman–Crippen MR) is 69.2 cm³/mol. The molecule has 1 unspecified atom stereocenters. The molecule has 1 aromatic rings. The number of aryl methyl sites for hydroxylation is 1. The Labute approximate surface area is 106 Å². The van der Waals surface area contributed by atoms with Gasteiger partial charge in [-0.1, -0.05) is 6.92 Å². The molecule has 0 aliphatic heterocycles. The molecule has 0 amide bonds. The summed E-state index contributed by atoms with van der Waals surface area (Å²) in [6.45, 7) is 3.90. The molecule has 0 saturated heterocycles. The molecular weight excluding hydrogens is 258 g/mol. The number of anilines is 1. The van der Waals surface area contributed by atoms with E-state index in [0.717, 1.165) is 25.1 Å². The van der Waals surface area contributed by atoms with E-state index in [4.69, 9.17) is 0 Å². The van der Waals surface area contributed by atoms with Crippen LogP contribution >= 0.6 is 11.5 Å². The van der Waals surface area contributed by atoms with E-state index in [-0.39, 0.29) is 6.04 Å². The molecule has 0 spiro atoms. The van der Waals surface area contributed by atoms with Gasteiger partial charge in [0.25, 0.3) is 0 Å². The zero-order valence-electron chi connectivity index (χ0n) is 10.2. The van der Waals surface area contributed by atoms with Crippen LogP contribution in [-0.2, 0) is 16.3 Å². The van der Waals surface area contributed by atoms with E-state index in [1.54, 1.807) is 0 Å². The van der Waals surface area contributed by atoms with Gasteiger partial charge in [-0.2, -0.15) is 4.37 Å². The third kappa shape index (κ3) is 2.30. The van der Waals surface area contributed by atoms with Crippen LogP contribution in [0.1, 0.15) is 32.5 Å². The molecule has 1 aliphatic carbocycles. The maximum Gasteiger partial charge on any atom is 0.202 e. The summed E-state index contributed by atoms with van der Waals surface area (Å²) >= 11 is 1.29. The fraction of sp³-hybridized carbons (Fsp3) is 0.800. The number of nitrogens with zero attached hydrogens (tertiary/aromatic N) is 2. The number of nitrogens with one attached hydrogen (secondary N) is 1. The van der Waals surface area contributed by atoms with Crippen LogP contribution in [0.5, 0.6) is 0 Å². The van der Waals surface area contributed by atoms with Crippen LogP contribution < -0.4 is 5.32 Å². The number of sulfone groups is 1. The second-order valence-electron chi connectivity index (χ2n) is 4.57. The van der Waals surface area contributed by atoms with Gasteiger partial charge in [-0.3, -0.25) is 0 Å². The van der Waals surface area contributed by atoms with Gasteiger partial charge in [0.05, 0.1) is 4.75 Å². The Kier molecular flexibility index (Phi) is 3.15. The van der Waals surface area contributed by atoms with E-state index in [0.29, 0.717) is 5.13 Å². The van der Waals surface area contributed by atoms with Gasteiger partial charge in [0, 0.05) is 30.3 Å². The smallest absolute Gasteiger partial charge is 0.202 e. The summed E-state index contributed by atoms with van der Waals surface area (Å²) in [7, 11) is -3.02.